The third kappa shape index (κ3) is 4.84. The van der Waals surface area contributed by atoms with Gasteiger partial charge >= 0.3 is 0 Å². The van der Waals surface area contributed by atoms with Gasteiger partial charge in [-0.15, -0.1) is 0 Å². The Morgan fingerprint density at radius 3 is 2.33 bits per heavy atom. The zero-order valence-electron chi connectivity index (χ0n) is 11.9. The molecule has 0 atom stereocenters. The van der Waals surface area contributed by atoms with Crippen molar-refractivity contribution in [1.82, 2.24) is 0 Å². The second-order valence-corrected chi connectivity index (χ2v) is 4.70. The van der Waals surface area contributed by atoms with Crippen LogP contribution in [0.1, 0.15) is 13.8 Å². The molecule has 2 nitrogen and oxygen atoms in total. The Labute approximate surface area is 122 Å². The molecule has 21 heavy (non-hydrogen) atoms. The summed E-state index contributed by atoms with van der Waals surface area (Å²) in [4.78, 5) is 4.31. The monoisotopic (exact) mass is 286 g/mol. The van der Waals surface area contributed by atoms with Gasteiger partial charge in [-0.05, 0) is 56.3 Å². The predicted octanol–water partition coefficient (Wildman–Crippen LogP) is 5.07. The summed E-state index contributed by atoms with van der Waals surface area (Å²) in [7, 11) is 0. The normalized spacial score (nSPS) is 12.4. The fourth-order valence-electron chi connectivity index (χ4n) is 1.92. The average Bonchev–Trinajstić information content (AvgIpc) is 2.38. The molecule has 0 saturated heterocycles. The second kappa shape index (κ2) is 6.79. The lowest BCUT2D eigenvalue weighted by Gasteiger charge is -2.06. The summed E-state index contributed by atoms with van der Waals surface area (Å²) in [5.74, 6) is -0.611. The molecule has 0 spiro atoms. The highest BCUT2D eigenvalue weighted by Crippen LogP contribution is 2.15. The van der Waals surface area contributed by atoms with Gasteiger partial charge in [-0.2, -0.15) is 0 Å². The summed E-state index contributed by atoms with van der Waals surface area (Å²) in [5, 5.41) is 3.08. The lowest BCUT2D eigenvalue weighted by atomic mass is 10.2. The Balaban J connectivity index is 2.11. The first-order valence-corrected chi connectivity index (χ1v) is 6.55. The van der Waals surface area contributed by atoms with E-state index in [9.17, 15) is 8.78 Å². The van der Waals surface area contributed by atoms with Crippen molar-refractivity contribution < 1.29 is 8.78 Å². The second-order valence-electron chi connectivity index (χ2n) is 4.70. The molecular formula is C17H16F2N2. The first-order chi connectivity index (χ1) is 10.0. The van der Waals surface area contributed by atoms with E-state index in [2.05, 4.69) is 10.3 Å². The van der Waals surface area contributed by atoms with Crippen molar-refractivity contribution in [2.45, 2.75) is 13.8 Å². The van der Waals surface area contributed by atoms with E-state index in [-0.39, 0.29) is 11.6 Å². The molecule has 1 N–H and O–H groups in total. The van der Waals surface area contributed by atoms with E-state index in [0.717, 1.165) is 11.4 Å². The van der Waals surface area contributed by atoms with Crippen LogP contribution in [0.5, 0.6) is 0 Å². The van der Waals surface area contributed by atoms with E-state index in [4.69, 9.17) is 0 Å². The molecule has 0 amide bonds. The highest BCUT2D eigenvalue weighted by atomic mass is 19.1. The summed E-state index contributed by atoms with van der Waals surface area (Å²) in [6.07, 6.45) is 1.82. The maximum absolute atomic E-state index is 13.1. The van der Waals surface area contributed by atoms with Gasteiger partial charge < -0.3 is 5.32 Å². The van der Waals surface area contributed by atoms with Crippen LogP contribution in [-0.2, 0) is 0 Å². The number of nitrogens with one attached hydrogen (secondary N) is 1. The minimum absolute atomic E-state index is 0.294. The van der Waals surface area contributed by atoms with Crippen LogP contribution in [0.2, 0.25) is 0 Å². The van der Waals surface area contributed by atoms with E-state index >= 15 is 0 Å². The first-order valence-electron chi connectivity index (χ1n) is 6.55. The molecule has 2 aromatic carbocycles. The lowest BCUT2D eigenvalue weighted by Crippen LogP contribution is -1.98. The van der Waals surface area contributed by atoms with Gasteiger partial charge in [0.2, 0.25) is 0 Å². The molecule has 0 aliphatic carbocycles. The summed E-state index contributed by atoms with van der Waals surface area (Å²) in [6.45, 7) is 3.68. The van der Waals surface area contributed by atoms with Gasteiger partial charge in [0.1, 0.15) is 11.6 Å². The van der Waals surface area contributed by atoms with E-state index in [1.54, 1.807) is 24.3 Å². The molecule has 2 aromatic rings. The van der Waals surface area contributed by atoms with E-state index in [1.807, 2.05) is 19.9 Å². The van der Waals surface area contributed by atoms with Crippen molar-refractivity contribution in [2.24, 2.45) is 4.99 Å². The quantitative estimate of drug-likeness (QED) is 0.779. The molecule has 0 heterocycles. The van der Waals surface area contributed by atoms with Crippen LogP contribution in [0.4, 0.5) is 20.2 Å². The minimum Gasteiger partial charge on any atom is -0.359 e. The standard InChI is InChI=1S/C17H16F2N2/c1-12(20-16-7-3-5-14(18)10-16)9-13(2)21-17-8-4-6-15(19)11-17/h3-11,20H,1-2H3. The van der Waals surface area contributed by atoms with Crippen molar-refractivity contribution in [3.8, 4) is 0 Å². The zero-order valence-corrected chi connectivity index (χ0v) is 11.9. The van der Waals surface area contributed by atoms with E-state index in [0.29, 0.717) is 11.4 Å². The van der Waals surface area contributed by atoms with Gasteiger partial charge in [0.25, 0.3) is 0 Å². The SMILES string of the molecule is CC(=CC(C)=Nc1cccc(F)c1)Nc1cccc(F)c1. The highest BCUT2D eigenvalue weighted by molar-refractivity contribution is 5.95. The van der Waals surface area contributed by atoms with Gasteiger partial charge in [-0.25, -0.2) is 8.78 Å². The zero-order chi connectivity index (χ0) is 15.2. The van der Waals surface area contributed by atoms with Gasteiger partial charge in [0, 0.05) is 17.1 Å². The number of anilines is 1. The Morgan fingerprint density at radius 1 is 1.00 bits per heavy atom. The van der Waals surface area contributed by atoms with Gasteiger partial charge in [-0.3, -0.25) is 4.99 Å². The number of allylic oxidation sites excluding steroid dienone is 2. The van der Waals surface area contributed by atoms with Crippen LogP contribution in [0.25, 0.3) is 0 Å². The fourth-order valence-corrected chi connectivity index (χ4v) is 1.92. The van der Waals surface area contributed by atoms with Crippen molar-refractivity contribution in [1.29, 1.82) is 0 Å². The topological polar surface area (TPSA) is 24.4 Å². The van der Waals surface area contributed by atoms with Crippen LogP contribution in [-0.4, -0.2) is 5.71 Å². The minimum atomic E-state index is -0.317. The van der Waals surface area contributed by atoms with Crippen molar-refractivity contribution in [3.63, 3.8) is 0 Å². The van der Waals surface area contributed by atoms with Crippen molar-refractivity contribution >= 4 is 17.1 Å². The number of halogens is 2. The maximum Gasteiger partial charge on any atom is 0.125 e. The molecule has 0 bridgehead atoms. The Hall–Kier alpha value is -2.49. The molecule has 0 saturated carbocycles. The molecule has 0 aliphatic heterocycles. The first kappa shape index (κ1) is 14.9. The van der Waals surface area contributed by atoms with Crippen LogP contribution in [0.15, 0.2) is 65.3 Å². The Morgan fingerprint density at radius 2 is 1.67 bits per heavy atom. The van der Waals surface area contributed by atoms with Gasteiger partial charge in [-0.1, -0.05) is 12.1 Å². The van der Waals surface area contributed by atoms with E-state index in [1.165, 1.54) is 24.3 Å². The molecule has 0 aromatic heterocycles. The maximum atomic E-state index is 13.1. The Kier molecular flexibility index (Phi) is 4.82. The molecule has 4 heteroatoms. The highest BCUT2D eigenvalue weighted by Gasteiger charge is 1.97. The molecule has 0 fully saturated rings. The molecule has 0 radical (unpaired) electrons. The third-order valence-electron chi connectivity index (χ3n) is 2.71. The number of hydrogen-bond donors (Lipinski definition) is 1. The molecular weight excluding hydrogens is 270 g/mol. The predicted molar refractivity (Wildman–Crippen MR) is 82.9 cm³/mol. The number of benzene rings is 2. The third-order valence-corrected chi connectivity index (χ3v) is 2.71. The van der Waals surface area contributed by atoms with Gasteiger partial charge in [0.05, 0.1) is 5.69 Å². The largest absolute Gasteiger partial charge is 0.359 e. The number of rotatable bonds is 4. The fraction of sp³-hybridized carbons (Fsp3) is 0.118. The van der Waals surface area contributed by atoms with Crippen LogP contribution in [0, 0.1) is 11.6 Å². The lowest BCUT2D eigenvalue weighted by molar-refractivity contribution is 0.628. The smallest absolute Gasteiger partial charge is 0.125 e. The molecule has 2 rings (SSSR count). The average molecular weight is 286 g/mol. The van der Waals surface area contributed by atoms with E-state index < -0.39 is 0 Å². The van der Waals surface area contributed by atoms with Crippen molar-refractivity contribution in [2.75, 3.05) is 5.32 Å². The van der Waals surface area contributed by atoms with Gasteiger partial charge in [0.15, 0.2) is 0 Å². The number of hydrogen-bond acceptors (Lipinski definition) is 2. The molecule has 0 aliphatic rings. The number of aliphatic imine (C=N–C) groups is 1. The molecule has 0 unspecified atom stereocenters. The van der Waals surface area contributed by atoms with Crippen LogP contribution in [0.3, 0.4) is 0 Å². The summed E-state index contributed by atoms with van der Waals surface area (Å²) in [6, 6.07) is 12.3. The molecule has 108 valence electrons. The number of nitrogens with zero attached hydrogens (tertiary/aromatic N) is 1. The summed E-state index contributed by atoms with van der Waals surface area (Å²) >= 11 is 0. The van der Waals surface area contributed by atoms with Crippen molar-refractivity contribution in [3.05, 3.63) is 71.9 Å². The van der Waals surface area contributed by atoms with Crippen LogP contribution >= 0.6 is 0 Å². The summed E-state index contributed by atoms with van der Waals surface area (Å²) in [5.41, 5.74) is 2.77. The summed E-state index contributed by atoms with van der Waals surface area (Å²) < 4.78 is 26.2. The Bertz CT molecular complexity index is 691. The van der Waals surface area contributed by atoms with Crippen LogP contribution < -0.4 is 5.32 Å².